The summed E-state index contributed by atoms with van der Waals surface area (Å²) in [5.41, 5.74) is 12.0. The fraction of sp³-hybridized carbons (Fsp3) is 0.633. The number of nitrogens with zero attached hydrogens (tertiary/aromatic N) is 4. The highest BCUT2D eigenvalue weighted by Gasteiger charge is 2.29. The molecular formula is C30H46N6O. The van der Waals surface area contributed by atoms with Crippen molar-refractivity contribution in [1.29, 1.82) is 0 Å². The Morgan fingerprint density at radius 3 is 2.19 bits per heavy atom. The number of nitrogens with two attached hydrogens (primary N) is 1. The maximum Gasteiger partial charge on any atom is 0.319 e. The Morgan fingerprint density at radius 1 is 1.00 bits per heavy atom. The molecule has 0 spiro atoms. The van der Waals surface area contributed by atoms with Crippen molar-refractivity contribution in [3.05, 3.63) is 40.6 Å². The van der Waals surface area contributed by atoms with Crippen molar-refractivity contribution < 1.29 is 4.79 Å². The van der Waals surface area contributed by atoms with E-state index in [0.717, 1.165) is 56.0 Å². The van der Waals surface area contributed by atoms with E-state index < -0.39 is 0 Å². The zero-order chi connectivity index (χ0) is 26.7. The number of aryl methyl sites for hydroxylation is 1. The number of amides is 2. The fourth-order valence-electron chi connectivity index (χ4n) is 6.05. The molecule has 1 fully saturated rings. The number of anilines is 3. The van der Waals surface area contributed by atoms with Gasteiger partial charge in [0.05, 0.1) is 11.4 Å². The molecule has 3 N–H and O–H groups in total. The van der Waals surface area contributed by atoms with Gasteiger partial charge in [-0.15, -0.1) is 0 Å². The predicted molar refractivity (Wildman–Crippen MR) is 154 cm³/mol. The van der Waals surface area contributed by atoms with Crippen LogP contribution in [0.2, 0.25) is 0 Å². The molecule has 2 aliphatic rings. The van der Waals surface area contributed by atoms with Crippen molar-refractivity contribution in [1.82, 2.24) is 9.97 Å². The maximum atomic E-state index is 12.7. The fourth-order valence-corrected chi connectivity index (χ4v) is 6.05. The Hall–Kier alpha value is -2.83. The summed E-state index contributed by atoms with van der Waals surface area (Å²) in [5.74, 6) is 2.88. The summed E-state index contributed by atoms with van der Waals surface area (Å²) in [4.78, 5) is 26.5. The van der Waals surface area contributed by atoms with Gasteiger partial charge in [0.2, 0.25) is 5.95 Å². The zero-order valence-corrected chi connectivity index (χ0v) is 23.7. The Balaban J connectivity index is 1.45. The minimum absolute atomic E-state index is 0.319. The lowest BCUT2D eigenvalue weighted by Gasteiger charge is -2.35. The molecule has 1 saturated carbocycles. The van der Waals surface area contributed by atoms with E-state index >= 15 is 0 Å². The third-order valence-corrected chi connectivity index (χ3v) is 8.08. The number of hydrogen-bond acceptors (Lipinski definition) is 5. The molecule has 2 aromatic rings. The van der Waals surface area contributed by atoms with Crippen molar-refractivity contribution in [2.24, 2.45) is 11.7 Å². The first-order chi connectivity index (χ1) is 17.7. The summed E-state index contributed by atoms with van der Waals surface area (Å²) >= 11 is 0. The van der Waals surface area contributed by atoms with Gasteiger partial charge in [-0.3, -0.25) is 4.90 Å². The molecule has 37 heavy (non-hydrogen) atoms. The molecule has 7 heteroatoms. The number of hydrogen-bond donors (Lipinski definition) is 2. The van der Waals surface area contributed by atoms with E-state index in [1.807, 2.05) is 4.90 Å². The lowest BCUT2D eigenvalue weighted by atomic mass is 9.85. The number of nitrogens with one attached hydrogen (secondary N) is 1. The highest BCUT2D eigenvalue weighted by molar-refractivity contribution is 5.93. The number of rotatable bonds is 8. The summed E-state index contributed by atoms with van der Waals surface area (Å²) in [6.07, 6.45) is 8.71. The molecular weight excluding hydrogens is 460 g/mol. The van der Waals surface area contributed by atoms with E-state index in [4.69, 9.17) is 15.7 Å². The molecule has 0 radical (unpaired) electrons. The van der Waals surface area contributed by atoms with Crippen LogP contribution in [0.3, 0.4) is 0 Å². The molecule has 0 unspecified atom stereocenters. The Morgan fingerprint density at radius 2 is 1.62 bits per heavy atom. The molecule has 202 valence electrons. The molecule has 0 atom stereocenters. The van der Waals surface area contributed by atoms with Gasteiger partial charge in [0, 0.05) is 32.2 Å². The predicted octanol–water partition coefficient (Wildman–Crippen LogP) is 6.22. The Kier molecular flexibility index (Phi) is 8.60. The number of carbonyl (C=O) groups is 1. The number of para-hydroxylation sites is 1. The van der Waals surface area contributed by atoms with Gasteiger partial charge >= 0.3 is 6.03 Å². The number of urea groups is 1. The normalized spacial score (nSPS) is 19.6. The molecule has 1 aromatic carbocycles. The first-order valence-corrected chi connectivity index (χ1v) is 14.2. The van der Waals surface area contributed by atoms with Crippen molar-refractivity contribution in [3.63, 3.8) is 0 Å². The van der Waals surface area contributed by atoms with Gasteiger partial charge in [-0.25, -0.2) is 9.78 Å². The van der Waals surface area contributed by atoms with Gasteiger partial charge in [0.1, 0.15) is 5.82 Å². The number of carbonyl (C=O) groups excluding carboxylic acids is 1. The largest absolute Gasteiger partial charge is 0.362 e. The lowest BCUT2D eigenvalue weighted by molar-refractivity contribution is 0.250. The van der Waals surface area contributed by atoms with E-state index in [-0.39, 0.29) is 6.03 Å². The third-order valence-electron chi connectivity index (χ3n) is 8.08. The number of benzene rings is 1. The second-order valence-corrected chi connectivity index (χ2v) is 11.8. The van der Waals surface area contributed by atoms with Gasteiger partial charge in [-0.2, -0.15) is 4.98 Å². The monoisotopic (exact) mass is 506 g/mol. The number of aromatic nitrogens is 2. The highest BCUT2D eigenvalue weighted by atomic mass is 16.2. The Labute approximate surface area is 223 Å². The quantitative estimate of drug-likeness (QED) is 0.443. The first kappa shape index (κ1) is 27.2. The summed E-state index contributed by atoms with van der Waals surface area (Å²) in [5, 5.41) is 3.65. The van der Waals surface area contributed by atoms with Crippen LogP contribution in [0.15, 0.2) is 18.2 Å². The van der Waals surface area contributed by atoms with Crippen LogP contribution in [-0.4, -0.2) is 42.7 Å². The molecule has 7 nitrogen and oxygen atoms in total. The standard InChI is InChI=1S/C30H46N6O/c1-19(2)23-11-9-12-24(20(3)4)27(23)36(29(31)37)18-21-14-16-22(17-15-21)32-30-33-26-13-8-7-10-25(26)28(34-30)35(5)6/h9,11-12,19-22H,7-8,10,13-18H2,1-6H3,(H2,31,37)(H,32,33,34). The van der Waals surface area contributed by atoms with Crippen LogP contribution in [0.1, 0.15) is 100 Å². The van der Waals surface area contributed by atoms with Gasteiger partial charge < -0.3 is 16.0 Å². The molecule has 4 rings (SSSR count). The van der Waals surface area contributed by atoms with Crippen LogP contribution in [0, 0.1) is 5.92 Å². The van der Waals surface area contributed by atoms with Crippen LogP contribution in [0.5, 0.6) is 0 Å². The highest BCUT2D eigenvalue weighted by Crippen LogP contribution is 2.37. The summed E-state index contributed by atoms with van der Waals surface area (Å²) in [7, 11) is 4.14. The van der Waals surface area contributed by atoms with Crippen molar-refractivity contribution >= 4 is 23.5 Å². The van der Waals surface area contributed by atoms with Crippen LogP contribution in [0.25, 0.3) is 0 Å². The van der Waals surface area contributed by atoms with E-state index in [9.17, 15) is 4.79 Å². The molecule has 0 bridgehead atoms. The smallest absolute Gasteiger partial charge is 0.319 e. The molecule has 2 amide bonds. The first-order valence-electron chi connectivity index (χ1n) is 14.2. The average molecular weight is 507 g/mol. The number of fused-ring (bicyclic) bond motifs is 1. The second-order valence-electron chi connectivity index (χ2n) is 11.8. The van der Waals surface area contributed by atoms with Gasteiger partial charge in [0.25, 0.3) is 0 Å². The van der Waals surface area contributed by atoms with Crippen molar-refractivity contribution in [3.8, 4) is 0 Å². The molecule has 1 heterocycles. The summed E-state index contributed by atoms with van der Waals surface area (Å²) in [6, 6.07) is 6.39. The van der Waals surface area contributed by atoms with Gasteiger partial charge in [0.15, 0.2) is 0 Å². The molecule has 0 aliphatic heterocycles. The van der Waals surface area contributed by atoms with Crippen LogP contribution in [0.4, 0.5) is 22.2 Å². The summed E-state index contributed by atoms with van der Waals surface area (Å²) in [6.45, 7) is 9.41. The molecule has 0 saturated heterocycles. The van der Waals surface area contributed by atoms with Crippen molar-refractivity contribution in [2.75, 3.05) is 35.8 Å². The summed E-state index contributed by atoms with van der Waals surface area (Å²) < 4.78 is 0. The average Bonchev–Trinajstić information content (AvgIpc) is 2.87. The van der Waals surface area contributed by atoms with Gasteiger partial charge in [-0.1, -0.05) is 45.9 Å². The van der Waals surface area contributed by atoms with E-state index in [1.54, 1.807) is 0 Å². The SMILES string of the molecule is CC(C)c1cccc(C(C)C)c1N(CC1CCC(Nc2nc3c(c(N(C)C)n2)CCCC3)CC1)C(N)=O. The second kappa shape index (κ2) is 11.7. The minimum atomic E-state index is -0.353. The van der Waals surface area contributed by atoms with E-state index in [0.29, 0.717) is 30.3 Å². The van der Waals surface area contributed by atoms with Crippen LogP contribution >= 0.6 is 0 Å². The zero-order valence-electron chi connectivity index (χ0n) is 23.7. The maximum absolute atomic E-state index is 12.7. The minimum Gasteiger partial charge on any atom is -0.362 e. The van der Waals surface area contributed by atoms with Crippen LogP contribution < -0.4 is 20.9 Å². The Bertz CT molecular complexity index is 1060. The number of primary amides is 1. The topological polar surface area (TPSA) is 87.4 Å². The van der Waals surface area contributed by atoms with E-state index in [1.165, 1.54) is 35.2 Å². The van der Waals surface area contributed by atoms with Crippen LogP contribution in [-0.2, 0) is 12.8 Å². The van der Waals surface area contributed by atoms with E-state index in [2.05, 4.69) is 70.2 Å². The lowest BCUT2D eigenvalue weighted by Crippen LogP contribution is -2.42. The molecule has 2 aliphatic carbocycles. The third kappa shape index (κ3) is 6.19. The van der Waals surface area contributed by atoms with Gasteiger partial charge in [-0.05, 0) is 80.2 Å². The molecule has 1 aromatic heterocycles. The van der Waals surface area contributed by atoms with Crippen molar-refractivity contribution in [2.45, 2.75) is 96.9 Å².